The van der Waals surface area contributed by atoms with Crippen LogP contribution in [-0.4, -0.2) is 29.7 Å². The van der Waals surface area contributed by atoms with E-state index in [1.54, 1.807) is 24.3 Å². The van der Waals surface area contributed by atoms with Gasteiger partial charge in [0, 0.05) is 25.2 Å². The number of nitrogens with one attached hydrogen (secondary N) is 1. The zero-order valence-corrected chi connectivity index (χ0v) is 14.8. The number of halogens is 3. The first-order chi connectivity index (χ1) is 11.3. The highest BCUT2D eigenvalue weighted by molar-refractivity contribution is 7.59. The summed E-state index contributed by atoms with van der Waals surface area (Å²) in [7, 11) is 0. The lowest BCUT2D eigenvalue weighted by Gasteiger charge is -2.16. The van der Waals surface area contributed by atoms with Gasteiger partial charge in [-0.2, -0.15) is 26.7 Å². The molecule has 0 saturated carbocycles. The molecule has 0 spiro atoms. The molecular weight excluding hydrogens is 351 g/mol. The molecule has 0 aliphatic heterocycles. The topological polar surface area (TPSA) is 71.2 Å². The molecule has 2 aromatic rings. The molecule has 1 aromatic carbocycles. The van der Waals surface area contributed by atoms with Gasteiger partial charge >= 0.3 is 6.18 Å². The number of aliphatic hydroxyl groups is 1. The Morgan fingerprint density at radius 3 is 2.40 bits per heavy atom. The van der Waals surface area contributed by atoms with Gasteiger partial charge in [0.1, 0.15) is 5.69 Å². The molecule has 0 bridgehead atoms. The van der Waals surface area contributed by atoms with E-state index in [2.05, 4.69) is 10.3 Å². The molecule has 4 nitrogen and oxygen atoms in total. The van der Waals surface area contributed by atoms with E-state index in [-0.39, 0.29) is 31.3 Å². The lowest BCUT2D eigenvalue weighted by molar-refractivity contribution is -0.141. The number of pyridine rings is 1. The Morgan fingerprint density at radius 2 is 1.84 bits per heavy atom. The molecule has 0 saturated heterocycles. The molecule has 1 heterocycles. The van der Waals surface area contributed by atoms with Crippen molar-refractivity contribution in [1.82, 2.24) is 10.3 Å². The maximum Gasteiger partial charge on any atom is 0.433 e. The van der Waals surface area contributed by atoms with Crippen LogP contribution in [0.5, 0.6) is 0 Å². The minimum absolute atomic E-state index is 0. The zero-order chi connectivity index (χ0) is 17.7. The molecule has 0 aliphatic rings. The quantitative estimate of drug-likeness (QED) is 0.681. The van der Waals surface area contributed by atoms with E-state index >= 15 is 0 Å². The van der Waals surface area contributed by atoms with Crippen LogP contribution in [0.4, 0.5) is 13.2 Å². The van der Waals surface area contributed by atoms with Crippen LogP contribution in [-0.2, 0) is 6.18 Å². The van der Waals surface area contributed by atoms with E-state index < -0.39 is 18.0 Å². The van der Waals surface area contributed by atoms with E-state index in [0.29, 0.717) is 18.7 Å². The number of alkyl halides is 3. The molecule has 0 unspecified atom stereocenters. The van der Waals surface area contributed by atoms with Gasteiger partial charge < -0.3 is 16.2 Å². The number of rotatable bonds is 6. The molecule has 25 heavy (non-hydrogen) atoms. The SMILES string of the molecule is Cc1ccc(-c2cc([C@H](O)CNCCN)cc(C(F)(F)F)n2)cc1.S. The van der Waals surface area contributed by atoms with Gasteiger partial charge in [-0.15, -0.1) is 0 Å². The van der Waals surface area contributed by atoms with Crippen LogP contribution in [0.2, 0.25) is 0 Å². The highest BCUT2D eigenvalue weighted by atomic mass is 32.1. The Hall–Kier alpha value is -1.61. The fraction of sp³-hybridized carbons (Fsp3) is 0.353. The first kappa shape index (κ1) is 21.4. The lowest BCUT2D eigenvalue weighted by Crippen LogP contribution is -2.27. The summed E-state index contributed by atoms with van der Waals surface area (Å²) in [4.78, 5) is 3.71. The van der Waals surface area contributed by atoms with Crippen LogP contribution in [0.3, 0.4) is 0 Å². The van der Waals surface area contributed by atoms with Crippen molar-refractivity contribution in [3.8, 4) is 11.3 Å². The van der Waals surface area contributed by atoms with Crippen LogP contribution in [0.1, 0.15) is 22.9 Å². The van der Waals surface area contributed by atoms with E-state index in [1.807, 2.05) is 6.92 Å². The molecule has 1 aromatic heterocycles. The Balaban J connectivity index is 0.00000312. The number of aromatic nitrogens is 1. The average Bonchev–Trinajstić information content (AvgIpc) is 2.54. The summed E-state index contributed by atoms with van der Waals surface area (Å²) in [6.07, 6.45) is -5.66. The lowest BCUT2D eigenvalue weighted by atomic mass is 10.0. The van der Waals surface area contributed by atoms with Crippen LogP contribution in [0, 0.1) is 6.92 Å². The monoisotopic (exact) mass is 373 g/mol. The molecule has 0 radical (unpaired) electrons. The summed E-state index contributed by atoms with van der Waals surface area (Å²) in [5.41, 5.74) is 6.23. The second-order valence-corrected chi connectivity index (χ2v) is 5.54. The Labute approximate surface area is 151 Å². The third-order valence-corrected chi connectivity index (χ3v) is 3.53. The zero-order valence-electron chi connectivity index (χ0n) is 13.8. The van der Waals surface area contributed by atoms with Gasteiger partial charge in [0.05, 0.1) is 11.8 Å². The van der Waals surface area contributed by atoms with Crippen molar-refractivity contribution in [2.24, 2.45) is 5.73 Å². The third kappa shape index (κ3) is 6.00. The van der Waals surface area contributed by atoms with Crippen molar-refractivity contribution in [3.63, 3.8) is 0 Å². The summed E-state index contributed by atoms with van der Waals surface area (Å²) >= 11 is 0. The number of hydrogen-bond donors (Lipinski definition) is 3. The number of aryl methyl sites for hydroxylation is 1. The van der Waals surface area contributed by atoms with Crippen molar-refractivity contribution >= 4 is 13.5 Å². The molecule has 0 amide bonds. The number of nitrogens with zero attached hydrogens (tertiary/aromatic N) is 1. The van der Waals surface area contributed by atoms with Crippen molar-refractivity contribution < 1.29 is 18.3 Å². The minimum Gasteiger partial charge on any atom is -0.387 e. The van der Waals surface area contributed by atoms with Gasteiger partial charge in [-0.05, 0) is 24.6 Å². The molecule has 0 fully saturated rings. The Bertz CT molecular complexity index is 678. The minimum atomic E-state index is -4.58. The predicted octanol–water partition coefficient (Wildman–Crippen LogP) is 2.77. The maximum absolute atomic E-state index is 13.1. The first-order valence-corrected chi connectivity index (χ1v) is 7.56. The predicted molar refractivity (Wildman–Crippen MR) is 96.7 cm³/mol. The van der Waals surface area contributed by atoms with E-state index in [9.17, 15) is 18.3 Å². The van der Waals surface area contributed by atoms with Crippen LogP contribution >= 0.6 is 13.5 Å². The molecular formula is C17H22F3N3OS. The summed E-state index contributed by atoms with van der Waals surface area (Å²) in [5, 5.41) is 13.0. The second kappa shape index (κ2) is 9.19. The average molecular weight is 373 g/mol. The first-order valence-electron chi connectivity index (χ1n) is 7.56. The largest absolute Gasteiger partial charge is 0.433 e. The third-order valence-electron chi connectivity index (χ3n) is 3.53. The van der Waals surface area contributed by atoms with Crippen LogP contribution in [0.25, 0.3) is 11.3 Å². The summed E-state index contributed by atoms with van der Waals surface area (Å²) in [5.74, 6) is 0. The van der Waals surface area contributed by atoms with Gasteiger partial charge in [-0.1, -0.05) is 29.8 Å². The molecule has 4 N–H and O–H groups in total. The normalized spacial score (nSPS) is 12.6. The number of hydrogen-bond acceptors (Lipinski definition) is 4. The van der Waals surface area contributed by atoms with Gasteiger partial charge in [0.25, 0.3) is 0 Å². The fourth-order valence-corrected chi connectivity index (χ4v) is 2.22. The van der Waals surface area contributed by atoms with Gasteiger partial charge in [-0.3, -0.25) is 0 Å². The van der Waals surface area contributed by atoms with Crippen molar-refractivity contribution in [2.75, 3.05) is 19.6 Å². The molecule has 8 heteroatoms. The molecule has 2 rings (SSSR count). The highest BCUT2D eigenvalue weighted by Gasteiger charge is 2.33. The standard InChI is InChI=1S/C17H20F3N3O.H2S/c1-11-2-4-12(5-3-11)14-8-13(15(24)10-22-7-6-21)9-16(23-14)17(18,19)20;/h2-5,8-9,15,22,24H,6-7,10,21H2,1H3;1H2/t15-;/m1./s1. The van der Waals surface area contributed by atoms with Crippen LogP contribution < -0.4 is 11.1 Å². The van der Waals surface area contributed by atoms with Crippen molar-refractivity contribution in [2.45, 2.75) is 19.2 Å². The molecule has 0 aliphatic carbocycles. The fourth-order valence-electron chi connectivity index (χ4n) is 2.22. The van der Waals surface area contributed by atoms with Crippen LogP contribution in [0.15, 0.2) is 36.4 Å². The Morgan fingerprint density at radius 1 is 1.20 bits per heavy atom. The smallest absolute Gasteiger partial charge is 0.387 e. The highest BCUT2D eigenvalue weighted by Crippen LogP contribution is 2.32. The maximum atomic E-state index is 13.1. The number of aliphatic hydroxyl groups excluding tert-OH is 1. The number of benzene rings is 1. The number of nitrogens with two attached hydrogens (primary N) is 1. The summed E-state index contributed by atoms with van der Waals surface area (Å²) in [6.45, 7) is 2.86. The Kier molecular flexibility index (Phi) is 7.88. The van der Waals surface area contributed by atoms with E-state index in [4.69, 9.17) is 5.73 Å². The molecule has 138 valence electrons. The second-order valence-electron chi connectivity index (χ2n) is 5.54. The van der Waals surface area contributed by atoms with Crippen molar-refractivity contribution in [1.29, 1.82) is 0 Å². The van der Waals surface area contributed by atoms with E-state index in [1.165, 1.54) is 6.07 Å². The molecule has 1 atom stereocenters. The van der Waals surface area contributed by atoms with Gasteiger partial charge in [-0.25, -0.2) is 4.98 Å². The summed E-state index contributed by atoms with van der Waals surface area (Å²) < 4.78 is 39.4. The van der Waals surface area contributed by atoms with Crippen molar-refractivity contribution in [3.05, 3.63) is 53.2 Å². The van der Waals surface area contributed by atoms with E-state index in [0.717, 1.165) is 11.6 Å². The van der Waals surface area contributed by atoms with Gasteiger partial charge in [0.2, 0.25) is 0 Å². The summed E-state index contributed by atoms with van der Waals surface area (Å²) in [6, 6.07) is 9.38. The van der Waals surface area contributed by atoms with Gasteiger partial charge in [0.15, 0.2) is 0 Å².